The highest BCUT2D eigenvalue weighted by Gasteiger charge is 2.32. The van der Waals surface area contributed by atoms with Gasteiger partial charge in [0.25, 0.3) is 0 Å². The SMILES string of the molecule is COc1cc(-c2cccnc2)cc(C)c1-c1cccc2c(N(CC3CC3)CC3CC3)c(SC)nn12. The normalized spacial score (nSPS) is 15.5. The van der Waals surface area contributed by atoms with E-state index in [0.29, 0.717) is 0 Å². The number of hydrogen-bond donors (Lipinski definition) is 0. The molecule has 6 heteroatoms. The van der Waals surface area contributed by atoms with E-state index >= 15 is 0 Å². The van der Waals surface area contributed by atoms with Gasteiger partial charge in [-0.3, -0.25) is 4.98 Å². The molecule has 6 rings (SSSR count). The molecule has 2 aliphatic rings. The summed E-state index contributed by atoms with van der Waals surface area (Å²) >= 11 is 1.75. The van der Waals surface area contributed by atoms with Gasteiger partial charge in [0.2, 0.25) is 0 Å². The minimum atomic E-state index is 0.837. The molecule has 0 unspecified atom stereocenters. The van der Waals surface area contributed by atoms with Gasteiger partial charge in [0.1, 0.15) is 10.8 Å². The molecule has 2 saturated carbocycles. The maximum Gasteiger partial charge on any atom is 0.142 e. The van der Waals surface area contributed by atoms with Gasteiger partial charge in [0.05, 0.1) is 24.0 Å². The van der Waals surface area contributed by atoms with E-state index in [9.17, 15) is 0 Å². The smallest absolute Gasteiger partial charge is 0.142 e. The first-order valence-corrected chi connectivity index (χ1v) is 13.8. The molecule has 35 heavy (non-hydrogen) atoms. The lowest BCUT2D eigenvalue weighted by molar-refractivity contribution is 0.416. The molecule has 1 aromatic carbocycles. The summed E-state index contributed by atoms with van der Waals surface area (Å²) in [6, 6.07) is 14.9. The van der Waals surface area contributed by atoms with Gasteiger partial charge in [-0.1, -0.05) is 18.2 Å². The summed E-state index contributed by atoms with van der Waals surface area (Å²) in [6.07, 6.45) is 11.3. The second kappa shape index (κ2) is 9.23. The fraction of sp³-hybridized carbons (Fsp3) is 0.379. The topological polar surface area (TPSA) is 42.7 Å². The number of benzene rings is 1. The van der Waals surface area contributed by atoms with E-state index in [1.54, 1.807) is 25.1 Å². The van der Waals surface area contributed by atoms with E-state index in [4.69, 9.17) is 9.84 Å². The first-order valence-electron chi connectivity index (χ1n) is 12.6. The molecular formula is C29H32N4OS. The van der Waals surface area contributed by atoms with Crippen LogP contribution in [0, 0.1) is 18.8 Å². The van der Waals surface area contributed by atoms with Crippen molar-refractivity contribution in [3.63, 3.8) is 0 Å². The Morgan fingerprint density at radius 1 is 1.03 bits per heavy atom. The number of pyridine rings is 2. The van der Waals surface area contributed by atoms with E-state index < -0.39 is 0 Å². The first-order chi connectivity index (χ1) is 17.2. The third kappa shape index (κ3) is 4.40. The monoisotopic (exact) mass is 484 g/mol. The van der Waals surface area contributed by atoms with Gasteiger partial charge in [-0.2, -0.15) is 5.10 Å². The largest absolute Gasteiger partial charge is 0.496 e. The van der Waals surface area contributed by atoms with Crippen LogP contribution in [-0.2, 0) is 0 Å². The third-order valence-corrected chi connectivity index (χ3v) is 7.89. The van der Waals surface area contributed by atoms with Gasteiger partial charge >= 0.3 is 0 Å². The molecule has 2 aliphatic carbocycles. The van der Waals surface area contributed by atoms with Crippen LogP contribution in [0.25, 0.3) is 27.9 Å². The van der Waals surface area contributed by atoms with E-state index in [2.05, 4.69) is 64.0 Å². The fourth-order valence-electron chi connectivity index (χ4n) is 5.09. The van der Waals surface area contributed by atoms with Crippen molar-refractivity contribution in [2.45, 2.75) is 37.6 Å². The van der Waals surface area contributed by atoms with Gasteiger partial charge in [-0.05, 0) is 86.1 Å². The van der Waals surface area contributed by atoms with E-state index in [-0.39, 0.29) is 0 Å². The van der Waals surface area contributed by atoms with Gasteiger partial charge in [-0.15, -0.1) is 11.8 Å². The third-order valence-electron chi connectivity index (χ3n) is 7.23. The second-order valence-corrected chi connectivity index (χ2v) is 10.8. The first kappa shape index (κ1) is 22.5. The summed E-state index contributed by atoms with van der Waals surface area (Å²) in [5, 5.41) is 6.27. The van der Waals surface area contributed by atoms with Crippen LogP contribution in [0.5, 0.6) is 5.75 Å². The highest BCUT2D eigenvalue weighted by molar-refractivity contribution is 7.98. The zero-order valence-electron chi connectivity index (χ0n) is 20.7. The van der Waals surface area contributed by atoms with Gasteiger partial charge in [0.15, 0.2) is 0 Å². The Morgan fingerprint density at radius 3 is 2.43 bits per heavy atom. The van der Waals surface area contributed by atoms with Crippen molar-refractivity contribution in [1.29, 1.82) is 0 Å². The minimum Gasteiger partial charge on any atom is -0.496 e. The molecule has 0 bridgehead atoms. The molecule has 2 fully saturated rings. The van der Waals surface area contributed by atoms with Crippen LogP contribution in [0.4, 0.5) is 5.69 Å². The second-order valence-electron chi connectivity index (χ2n) is 9.97. The van der Waals surface area contributed by atoms with Crippen LogP contribution < -0.4 is 9.64 Å². The standard InChI is InChI=1S/C29H32N4OS/c1-19-14-23(22-6-5-13-30-16-22)15-26(34-2)27(19)24-7-4-8-25-28(29(35-3)31-33(24)25)32(17-20-9-10-20)18-21-11-12-21/h4-8,13-16,20-21H,9-12,17-18H2,1-3H3. The lowest BCUT2D eigenvalue weighted by Gasteiger charge is -2.25. The maximum absolute atomic E-state index is 5.95. The maximum atomic E-state index is 5.95. The fourth-order valence-corrected chi connectivity index (χ4v) is 5.68. The molecule has 0 spiro atoms. The summed E-state index contributed by atoms with van der Waals surface area (Å²) in [6.45, 7) is 4.46. The number of thioether (sulfide) groups is 1. The molecule has 0 saturated heterocycles. The van der Waals surface area contributed by atoms with Crippen molar-refractivity contribution >= 4 is 23.0 Å². The highest BCUT2D eigenvalue weighted by atomic mass is 32.2. The van der Waals surface area contributed by atoms with Crippen LogP contribution in [-0.4, -0.2) is 41.1 Å². The van der Waals surface area contributed by atoms with Crippen LogP contribution in [0.2, 0.25) is 0 Å². The lowest BCUT2D eigenvalue weighted by Crippen LogP contribution is -2.28. The van der Waals surface area contributed by atoms with E-state index in [0.717, 1.165) is 63.6 Å². The quantitative estimate of drug-likeness (QED) is 0.246. The number of aromatic nitrogens is 3. The van der Waals surface area contributed by atoms with Crippen LogP contribution in [0.1, 0.15) is 31.2 Å². The van der Waals surface area contributed by atoms with Crippen molar-refractivity contribution in [2.24, 2.45) is 11.8 Å². The molecule has 5 nitrogen and oxygen atoms in total. The lowest BCUT2D eigenvalue weighted by atomic mass is 9.97. The highest BCUT2D eigenvalue weighted by Crippen LogP contribution is 2.43. The predicted octanol–water partition coefficient (Wildman–Crippen LogP) is 6.73. The number of nitrogens with zero attached hydrogens (tertiary/aromatic N) is 4. The number of aryl methyl sites for hydroxylation is 1. The molecule has 4 aromatic rings. The summed E-state index contributed by atoms with van der Waals surface area (Å²) in [4.78, 5) is 6.94. The Balaban J connectivity index is 1.49. The molecule has 0 radical (unpaired) electrons. The number of hydrogen-bond acceptors (Lipinski definition) is 5. The molecule has 0 aliphatic heterocycles. The van der Waals surface area contributed by atoms with Crippen molar-refractivity contribution < 1.29 is 4.74 Å². The summed E-state index contributed by atoms with van der Waals surface area (Å²) < 4.78 is 8.09. The Bertz CT molecular complexity index is 1340. The Labute approximate surface area is 211 Å². The number of methoxy groups -OCH3 is 1. The molecule has 3 aromatic heterocycles. The summed E-state index contributed by atoms with van der Waals surface area (Å²) in [5.74, 6) is 2.53. The average molecular weight is 485 g/mol. The molecule has 180 valence electrons. The number of anilines is 1. The van der Waals surface area contributed by atoms with Crippen molar-refractivity contribution in [3.05, 3.63) is 60.4 Å². The Hall–Kier alpha value is -2.99. The zero-order chi connectivity index (χ0) is 23.9. The Morgan fingerprint density at radius 2 is 1.80 bits per heavy atom. The van der Waals surface area contributed by atoms with Crippen molar-refractivity contribution in [2.75, 3.05) is 31.4 Å². The number of rotatable bonds is 9. The van der Waals surface area contributed by atoms with E-state index in [1.165, 1.54) is 36.9 Å². The van der Waals surface area contributed by atoms with Crippen LogP contribution in [0.15, 0.2) is 59.9 Å². The van der Waals surface area contributed by atoms with Gasteiger partial charge in [-0.25, -0.2) is 4.52 Å². The summed E-state index contributed by atoms with van der Waals surface area (Å²) in [5.41, 5.74) is 7.99. The van der Waals surface area contributed by atoms with Crippen LogP contribution >= 0.6 is 11.8 Å². The average Bonchev–Trinajstić information content (AvgIpc) is 3.82. The molecule has 0 N–H and O–H groups in total. The molecule has 0 amide bonds. The van der Waals surface area contributed by atoms with Crippen molar-refractivity contribution in [1.82, 2.24) is 14.6 Å². The Kier molecular flexibility index (Phi) is 5.93. The van der Waals surface area contributed by atoms with Crippen LogP contribution in [0.3, 0.4) is 0 Å². The van der Waals surface area contributed by atoms with E-state index in [1.807, 2.05) is 12.3 Å². The number of fused-ring (bicyclic) bond motifs is 1. The predicted molar refractivity (Wildman–Crippen MR) is 145 cm³/mol. The molecule has 3 heterocycles. The minimum absolute atomic E-state index is 0.837. The van der Waals surface area contributed by atoms with Crippen molar-refractivity contribution in [3.8, 4) is 28.1 Å². The summed E-state index contributed by atoms with van der Waals surface area (Å²) in [7, 11) is 1.75. The molecular weight excluding hydrogens is 452 g/mol. The molecule has 0 atom stereocenters. The zero-order valence-corrected chi connectivity index (χ0v) is 21.5. The number of ether oxygens (including phenoxy) is 1. The van der Waals surface area contributed by atoms with Gasteiger partial charge < -0.3 is 9.64 Å². The van der Waals surface area contributed by atoms with Gasteiger partial charge in [0, 0.05) is 36.6 Å².